The molecule has 0 spiro atoms. The van der Waals surface area contributed by atoms with E-state index in [4.69, 9.17) is 0 Å². The quantitative estimate of drug-likeness (QED) is 0.554. The first-order chi connectivity index (χ1) is 5.29. The van der Waals surface area contributed by atoms with Crippen LogP contribution in [0.3, 0.4) is 0 Å². The highest BCUT2D eigenvalue weighted by atomic mass is 15.2. The number of hydrogen-bond donors (Lipinski definition) is 0. The predicted octanol–water partition coefficient (Wildman–Crippen LogP) is 1.93. The van der Waals surface area contributed by atoms with Crippen LogP contribution in [0.15, 0.2) is 41.7 Å². The molecule has 1 rings (SSSR count). The van der Waals surface area contributed by atoms with Crippen molar-refractivity contribution in [2.45, 2.75) is 6.92 Å². The van der Waals surface area contributed by atoms with Crippen molar-refractivity contribution >= 4 is 5.84 Å². The monoisotopic (exact) mass is 148 g/mol. The third kappa shape index (κ3) is 1.40. The Morgan fingerprint density at radius 3 is 2.91 bits per heavy atom. The fourth-order valence-corrected chi connectivity index (χ4v) is 1.02. The summed E-state index contributed by atoms with van der Waals surface area (Å²) in [5.41, 5.74) is 1.15. The highest BCUT2D eigenvalue weighted by Crippen LogP contribution is 2.12. The molecular weight excluding hydrogens is 136 g/mol. The summed E-state index contributed by atoms with van der Waals surface area (Å²) in [5, 5.41) is 0. The topological polar surface area (TPSA) is 15.6 Å². The van der Waals surface area contributed by atoms with Gasteiger partial charge in [-0.1, -0.05) is 12.7 Å². The molecule has 0 aliphatic carbocycles. The second kappa shape index (κ2) is 3.19. The number of allylic oxidation sites excluding steroid dienone is 1. The summed E-state index contributed by atoms with van der Waals surface area (Å²) in [7, 11) is 1.97. The van der Waals surface area contributed by atoms with E-state index < -0.39 is 0 Å². The van der Waals surface area contributed by atoms with Gasteiger partial charge in [-0.2, -0.15) is 0 Å². The second-order valence-electron chi connectivity index (χ2n) is 2.31. The van der Waals surface area contributed by atoms with Gasteiger partial charge in [0, 0.05) is 25.0 Å². The minimum absolute atomic E-state index is 0.961. The van der Waals surface area contributed by atoms with Gasteiger partial charge in [-0.05, 0) is 13.0 Å². The highest BCUT2D eigenvalue weighted by Gasteiger charge is 2.12. The van der Waals surface area contributed by atoms with E-state index in [0.29, 0.717) is 0 Å². The molecule has 1 heterocycles. The molecule has 2 nitrogen and oxygen atoms in total. The van der Waals surface area contributed by atoms with Crippen LogP contribution in [0, 0.1) is 0 Å². The van der Waals surface area contributed by atoms with Gasteiger partial charge in [0.05, 0.1) is 0 Å². The summed E-state index contributed by atoms with van der Waals surface area (Å²) in [6, 6.07) is 0. The van der Waals surface area contributed by atoms with E-state index in [0.717, 1.165) is 11.4 Å². The van der Waals surface area contributed by atoms with Gasteiger partial charge in [0.25, 0.3) is 0 Å². The number of hydrogen-bond acceptors (Lipinski definition) is 1. The van der Waals surface area contributed by atoms with Gasteiger partial charge in [0.2, 0.25) is 0 Å². The maximum atomic E-state index is 4.13. The summed E-state index contributed by atoms with van der Waals surface area (Å²) in [6.45, 7) is 5.56. The third-order valence-corrected chi connectivity index (χ3v) is 1.59. The Bertz CT molecular complexity index is 246. The number of likely N-dealkylation sites (N-methyl/N-ethyl adjacent to an activating group) is 1. The van der Waals surface area contributed by atoms with Gasteiger partial charge >= 0.3 is 0 Å². The molecule has 0 aromatic rings. The van der Waals surface area contributed by atoms with Crippen LogP contribution in [0.25, 0.3) is 0 Å². The summed E-state index contributed by atoms with van der Waals surface area (Å²) in [6.07, 6.45) is 7.60. The molecule has 0 radical (unpaired) electrons. The molecule has 0 bridgehead atoms. The third-order valence-electron chi connectivity index (χ3n) is 1.59. The zero-order valence-corrected chi connectivity index (χ0v) is 6.91. The summed E-state index contributed by atoms with van der Waals surface area (Å²) < 4.78 is 0. The van der Waals surface area contributed by atoms with Crippen molar-refractivity contribution < 1.29 is 0 Å². The van der Waals surface area contributed by atoms with Crippen molar-refractivity contribution in [3.05, 3.63) is 36.7 Å². The van der Waals surface area contributed by atoms with Crippen molar-refractivity contribution in [2.24, 2.45) is 4.99 Å². The van der Waals surface area contributed by atoms with E-state index in [1.54, 1.807) is 6.20 Å². The Hall–Kier alpha value is -1.31. The van der Waals surface area contributed by atoms with Crippen LogP contribution >= 0.6 is 0 Å². The van der Waals surface area contributed by atoms with Gasteiger partial charge < -0.3 is 4.90 Å². The molecule has 2 heteroatoms. The molecule has 1 aliphatic rings. The molecule has 11 heavy (non-hydrogen) atoms. The standard InChI is InChI=1S/C9H12N2/c1-4-8-6-7-11(3)9(8)10-5-2/h4-7H,2H2,1,3H3/b8-4-,10-9+. The van der Waals surface area contributed by atoms with Crippen LogP contribution in [0.1, 0.15) is 6.92 Å². The molecule has 58 valence electrons. The van der Waals surface area contributed by atoms with E-state index in [9.17, 15) is 0 Å². The van der Waals surface area contributed by atoms with Crippen LogP contribution < -0.4 is 0 Å². The normalized spacial score (nSPS) is 23.6. The van der Waals surface area contributed by atoms with Crippen molar-refractivity contribution in [1.29, 1.82) is 0 Å². The Balaban J connectivity index is 2.95. The number of aliphatic imine (C=N–C) groups is 1. The van der Waals surface area contributed by atoms with Gasteiger partial charge in [-0.25, -0.2) is 4.99 Å². The average molecular weight is 148 g/mol. The highest BCUT2D eigenvalue weighted by molar-refractivity contribution is 6.03. The molecule has 0 amide bonds. The second-order valence-corrected chi connectivity index (χ2v) is 2.31. The molecule has 0 saturated heterocycles. The van der Waals surface area contributed by atoms with Crippen LogP contribution in [-0.4, -0.2) is 17.8 Å². The Kier molecular flexibility index (Phi) is 2.26. The lowest BCUT2D eigenvalue weighted by Gasteiger charge is -2.08. The molecule has 0 fully saturated rings. The molecule has 0 atom stereocenters. The number of rotatable bonds is 1. The number of amidine groups is 1. The molecule has 0 N–H and O–H groups in total. The maximum Gasteiger partial charge on any atom is 0.139 e. The van der Waals surface area contributed by atoms with Gasteiger partial charge in [0.15, 0.2) is 0 Å². The van der Waals surface area contributed by atoms with E-state index in [1.165, 1.54) is 0 Å². The molecule has 1 aliphatic heterocycles. The van der Waals surface area contributed by atoms with Crippen molar-refractivity contribution in [3.8, 4) is 0 Å². The Morgan fingerprint density at radius 1 is 1.64 bits per heavy atom. The summed E-state index contributed by atoms with van der Waals surface area (Å²) >= 11 is 0. The molecule has 0 saturated carbocycles. The molecule has 0 aromatic carbocycles. The smallest absolute Gasteiger partial charge is 0.139 e. The zero-order chi connectivity index (χ0) is 8.27. The average Bonchev–Trinajstić information content (AvgIpc) is 2.34. The van der Waals surface area contributed by atoms with Crippen LogP contribution in [0.2, 0.25) is 0 Å². The minimum Gasteiger partial charge on any atom is -0.336 e. The SMILES string of the molecule is C=C/N=C1\C(=C/C)C=CN1C. The molecule has 0 unspecified atom stereocenters. The first-order valence-corrected chi connectivity index (χ1v) is 3.56. The van der Waals surface area contributed by atoms with Gasteiger partial charge in [-0.15, -0.1) is 0 Å². The molecule has 0 aromatic heterocycles. The lowest BCUT2D eigenvalue weighted by Crippen LogP contribution is -2.16. The largest absolute Gasteiger partial charge is 0.336 e. The van der Waals surface area contributed by atoms with Crippen molar-refractivity contribution in [2.75, 3.05) is 7.05 Å². The maximum absolute atomic E-state index is 4.13. The van der Waals surface area contributed by atoms with Crippen molar-refractivity contribution in [1.82, 2.24) is 4.90 Å². The minimum atomic E-state index is 0.961. The van der Waals surface area contributed by atoms with Crippen LogP contribution in [-0.2, 0) is 0 Å². The van der Waals surface area contributed by atoms with Gasteiger partial charge in [-0.3, -0.25) is 0 Å². The fourth-order valence-electron chi connectivity index (χ4n) is 1.02. The van der Waals surface area contributed by atoms with E-state index in [-0.39, 0.29) is 0 Å². The van der Waals surface area contributed by atoms with Crippen LogP contribution in [0.4, 0.5) is 0 Å². The van der Waals surface area contributed by atoms with Crippen LogP contribution in [0.5, 0.6) is 0 Å². The Morgan fingerprint density at radius 2 is 2.36 bits per heavy atom. The molecular formula is C9H12N2. The predicted molar refractivity (Wildman–Crippen MR) is 48.3 cm³/mol. The van der Waals surface area contributed by atoms with Gasteiger partial charge in [0.1, 0.15) is 5.84 Å². The summed E-state index contributed by atoms with van der Waals surface area (Å²) in [5.74, 6) is 0.961. The summed E-state index contributed by atoms with van der Waals surface area (Å²) in [4.78, 5) is 6.10. The van der Waals surface area contributed by atoms with Crippen molar-refractivity contribution in [3.63, 3.8) is 0 Å². The number of nitrogens with zero attached hydrogens (tertiary/aromatic N) is 2. The zero-order valence-electron chi connectivity index (χ0n) is 6.91. The van der Waals surface area contributed by atoms with E-state index in [2.05, 4.69) is 11.6 Å². The fraction of sp³-hybridized carbons (Fsp3) is 0.222. The van der Waals surface area contributed by atoms with E-state index in [1.807, 2.05) is 37.2 Å². The first kappa shape index (κ1) is 7.79. The lowest BCUT2D eigenvalue weighted by molar-refractivity contribution is 0.704. The Labute approximate surface area is 67.2 Å². The first-order valence-electron chi connectivity index (χ1n) is 3.56. The van der Waals surface area contributed by atoms with E-state index >= 15 is 0 Å². The lowest BCUT2D eigenvalue weighted by atomic mass is 10.2.